The summed E-state index contributed by atoms with van der Waals surface area (Å²) in [5, 5.41) is 16.3. The van der Waals surface area contributed by atoms with Crippen molar-refractivity contribution >= 4 is 23.5 Å². The van der Waals surface area contributed by atoms with Gasteiger partial charge in [-0.15, -0.1) is 0 Å². The maximum atomic E-state index is 9.43. The zero-order chi connectivity index (χ0) is 14.1. The molecule has 0 radical (unpaired) electrons. The predicted octanol–water partition coefficient (Wildman–Crippen LogP) is 3.01. The van der Waals surface area contributed by atoms with E-state index < -0.39 is 18.4 Å². The minimum absolute atomic E-state index is 0.806. The molecule has 5 heteroatoms. The first-order chi connectivity index (χ1) is 8.42. The number of rotatable bonds is 4. The molecular weight excluding hydrogens is 256 g/mol. The van der Waals surface area contributed by atoms with E-state index >= 15 is 0 Å². The van der Waals surface area contributed by atoms with Crippen LogP contribution in [-0.2, 0) is 22.4 Å². The van der Waals surface area contributed by atoms with Crippen LogP contribution in [0.1, 0.15) is 31.4 Å². The molecule has 0 aliphatic carbocycles. The van der Waals surface area contributed by atoms with Crippen LogP contribution in [0.15, 0.2) is 18.2 Å². The van der Waals surface area contributed by atoms with Crippen LogP contribution in [0, 0.1) is 0 Å². The highest BCUT2D eigenvalue weighted by Gasteiger charge is 2.02. The van der Waals surface area contributed by atoms with Gasteiger partial charge in [-0.3, -0.25) is 9.59 Å². The molecule has 0 saturated carbocycles. The van der Waals surface area contributed by atoms with Crippen molar-refractivity contribution in [3.05, 3.63) is 34.3 Å². The van der Waals surface area contributed by atoms with Crippen molar-refractivity contribution in [2.24, 2.45) is 0 Å². The van der Waals surface area contributed by atoms with Gasteiger partial charge in [0.25, 0.3) is 0 Å². The summed E-state index contributed by atoms with van der Waals surface area (Å²) in [7, 11) is 0. The van der Waals surface area contributed by atoms with Gasteiger partial charge in [0.05, 0.1) is 0 Å². The molecule has 1 aromatic rings. The predicted molar refractivity (Wildman–Crippen MR) is 70.1 cm³/mol. The second-order valence-corrected chi connectivity index (χ2v) is 3.96. The molecule has 18 heavy (non-hydrogen) atoms. The summed E-state index contributed by atoms with van der Waals surface area (Å²) in [6.45, 7) is 4.30. The average molecular weight is 273 g/mol. The maximum Gasteiger partial charge on any atom is 0.314 e. The summed E-state index contributed by atoms with van der Waals surface area (Å²) in [5.74, 6) is -2.62. The Kier molecular flexibility index (Phi) is 7.79. The summed E-state index contributed by atoms with van der Waals surface area (Å²) in [6.07, 6.45) is 1.30. The Balaban J connectivity index is 0.000000360. The molecule has 2 N–H and O–H groups in total. The molecule has 0 heterocycles. The lowest BCUT2D eigenvalue weighted by Crippen LogP contribution is -2.03. The topological polar surface area (TPSA) is 74.6 Å². The first kappa shape index (κ1) is 16.4. The normalized spacial score (nSPS) is 9.28. The Morgan fingerprint density at radius 2 is 1.67 bits per heavy atom. The average Bonchev–Trinajstić information content (AvgIpc) is 2.27. The third kappa shape index (κ3) is 6.25. The molecule has 0 fully saturated rings. The number of carbonyl (C=O) groups is 2. The molecule has 0 aromatic heterocycles. The van der Waals surface area contributed by atoms with Gasteiger partial charge in [-0.2, -0.15) is 0 Å². The smallest absolute Gasteiger partial charge is 0.314 e. The number of aliphatic carboxylic acids is 2. The van der Waals surface area contributed by atoms with E-state index in [1.54, 1.807) is 0 Å². The van der Waals surface area contributed by atoms with Gasteiger partial charge >= 0.3 is 11.9 Å². The van der Waals surface area contributed by atoms with Crippen LogP contribution in [0.5, 0.6) is 0 Å². The van der Waals surface area contributed by atoms with E-state index in [-0.39, 0.29) is 0 Å². The zero-order valence-electron chi connectivity index (χ0n) is 10.4. The highest BCUT2D eigenvalue weighted by atomic mass is 35.5. The monoisotopic (exact) mass is 272 g/mol. The Morgan fingerprint density at radius 3 is 1.94 bits per heavy atom. The third-order valence-electron chi connectivity index (χ3n) is 2.25. The molecule has 0 saturated heterocycles. The Labute approximate surface area is 111 Å². The second-order valence-electron chi connectivity index (χ2n) is 3.55. The van der Waals surface area contributed by atoms with Gasteiger partial charge in [0.1, 0.15) is 6.42 Å². The van der Waals surface area contributed by atoms with Crippen LogP contribution >= 0.6 is 11.6 Å². The lowest BCUT2D eigenvalue weighted by Gasteiger charge is -2.06. The summed E-state index contributed by atoms with van der Waals surface area (Å²) in [4.78, 5) is 18.9. The fourth-order valence-electron chi connectivity index (χ4n) is 1.46. The van der Waals surface area contributed by atoms with Gasteiger partial charge in [-0.05, 0) is 30.0 Å². The summed E-state index contributed by atoms with van der Waals surface area (Å²) >= 11 is 6.01. The number of benzene rings is 1. The van der Waals surface area contributed by atoms with Gasteiger partial charge in [0, 0.05) is 5.02 Å². The van der Waals surface area contributed by atoms with Crippen LogP contribution in [0.25, 0.3) is 0 Å². The zero-order valence-corrected chi connectivity index (χ0v) is 11.2. The minimum atomic E-state index is -1.31. The van der Waals surface area contributed by atoms with E-state index in [4.69, 9.17) is 21.8 Å². The Hall–Kier alpha value is -1.55. The first-order valence-corrected chi connectivity index (χ1v) is 5.99. The number of carboxylic acid groups (broad SMARTS) is 2. The number of hydrogen-bond donors (Lipinski definition) is 2. The number of hydrogen-bond acceptors (Lipinski definition) is 2. The Bertz CT molecular complexity index is 403. The molecule has 0 bridgehead atoms. The number of halogens is 1. The second kappa shape index (κ2) is 8.53. The number of aryl methyl sites for hydroxylation is 1. The molecule has 0 aliphatic heterocycles. The van der Waals surface area contributed by atoms with Crippen molar-refractivity contribution in [2.75, 3.05) is 0 Å². The van der Waals surface area contributed by atoms with Crippen LogP contribution in [-0.4, -0.2) is 22.2 Å². The van der Waals surface area contributed by atoms with Crippen molar-refractivity contribution in [1.29, 1.82) is 0 Å². The van der Waals surface area contributed by atoms with Crippen molar-refractivity contribution in [3.63, 3.8) is 0 Å². The van der Waals surface area contributed by atoms with E-state index in [0.29, 0.717) is 0 Å². The standard InChI is InChI=1S/C10H13Cl.C3H4O4/c1-3-8-6-5-7-10(11)9(8)4-2;4-2(5)1-3(6)7/h5-7H,3-4H2,1-2H3;1H2,(H,4,5)(H,6,7). The van der Waals surface area contributed by atoms with Crippen LogP contribution in [0.3, 0.4) is 0 Å². The van der Waals surface area contributed by atoms with Crippen molar-refractivity contribution < 1.29 is 19.8 Å². The van der Waals surface area contributed by atoms with Gasteiger partial charge in [-0.25, -0.2) is 0 Å². The van der Waals surface area contributed by atoms with E-state index in [0.717, 1.165) is 17.9 Å². The van der Waals surface area contributed by atoms with E-state index in [1.165, 1.54) is 11.1 Å². The van der Waals surface area contributed by atoms with Gasteiger partial charge in [0.2, 0.25) is 0 Å². The van der Waals surface area contributed by atoms with Crippen molar-refractivity contribution in [2.45, 2.75) is 33.1 Å². The molecule has 0 unspecified atom stereocenters. The van der Waals surface area contributed by atoms with Crippen molar-refractivity contribution in [3.8, 4) is 0 Å². The quantitative estimate of drug-likeness (QED) is 0.826. The van der Waals surface area contributed by atoms with E-state index in [9.17, 15) is 9.59 Å². The fraction of sp³-hybridized carbons (Fsp3) is 0.385. The molecule has 0 aliphatic rings. The van der Waals surface area contributed by atoms with Crippen LogP contribution in [0.2, 0.25) is 5.02 Å². The van der Waals surface area contributed by atoms with Crippen LogP contribution in [0.4, 0.5) is 0 Å². The SMILES string of the molecule is CCc1cccc(Cl)c1CC.O=C(O)CC(=O)O. The summed E-state index contributed by atoms with van der Waals surface area (Å²) in [5.41, 5.74) is 2.68. The molecule has 1 aromatic carbocycles. The largest absolute Gasteiger partial charge is 0.481 e. The molecule has 100 valence electrons. The van der Waals surface area contributed by atoms with Gasteiger partial charge in [0.15, 0.2) is 0 Å². The molecule has 1 rings (SSSR count). The molecule has 0 amide bonds. The Morgan fingerprint density at radius 1 is 1.11 bits per heavy atom. The summed E-state index contributed by atoms with van der Waals surface area (Å²) in [6, 6.07) is 6.12. The lowest BCUT2D eigenvalue weighted by molar-refractivity contribution is -0.147. The van der Waals surface area contributed by atoms with Crippen molar-refractivity contribution in [1.82, 2.24) is 0 Å². The first-order valence-electron chi connectivity index (χ1n) is 5.62. The molecule has 4 nitrogen and oxygen atoms in total. The minimum Gasteiger partial charge on any atom is -0.481 e. The van der Waals surface area contributed by atoms with E-state index in [1.807, 2.05) is 12.1 Å². The van der Waals surface area contributed by atoms with Gasteiger partial charge in [-0.1, -0.05) is 37.6 Å². The van der Waals surface area contributed by atoms with Crippen LogP contribution < -0.4 is 0 Å². The highest BCUT2D eigenvalue weighted by Crippen LogP contribution is 2.20. The van der Waals surface area contributed by atoms with E-state index in [2.05, 4.69) is 19.9 Å². The van der Waals surface area contributed by atoms with Gasteiger partial charge < -0.3 is 10.2 Å². The summed E-state index contributed by atoms with van der Waals surface area (Å²) < 4.78 is 0. The third-order valence-corrected chi connectivity index (χ3v) is 2.61. The molecule has 0 spiro atoms. The maximum absolute atomic E-state index is 9.43. The molecular formula is C13H17ClO4. The molecule has 0 atom stereocenters. The highest BCUT2D eigenvalue weighted by molar-refractivity contribution is 6.31. The number of carboxylic acids is 2. The fourth-order valence-corrected chi connectivity index (χ4v) is 1.79. The lowest BCUT2D eigenvalue weighted by atomic mass is 10.0.